The molecule has 100 valence electrons. The van der Waals surface area contributed by atoms with Crippen molar-refractivity contribution in [2.45, 2.75) is 13.0 Å². The molecule has 19 heavy (non-hydrogen) atoms. The molecule has 0 aliphatic carbocycles. The van der Waals surface area contributed by atoms with E-state index in [1.54, 1.807) is 12.1 Å². The van der Waals surface area contributed by atoms with E-state index in [2.05, 4.69) is 15.9 Å². The maximum atomic E-state index is 13.4. The summed E-state index contributed by atoms with van der Waals surface area (Å²) in [6, 6.07) is 9.68. The minimum absolute atomic E-state index is 0.0639. The van der Waals surface area contributed by atoms with Gasteiger partial charge in [0.2, 0.25) is 0 Å². The van der Waals surface area contributed by atoms with Crippen molar-refractivity contribution in [2.24, 2.45) is 5.73 Å². The van der Waals surface area contributed by atoms with Crippen LogP contribution in [-0.4, -0.2) is 0 Å². The Morgan fingerprint density at radius 2 is 2.00 bits per heavy atom. The van der Waals surface area contributed by atoms with E-state index in [9.17, 15) is 4.39 Å². The van der Waals surface area contributed by atoms with Gasteiger partial charge in [0.05, 0.1) is 5.02 Å². The number of rotatable bonds is 3. The second-order valence-corrected chi connectivity index (χ2v) is 5.47. The van der Waals surface area contributed by atoms with E-state index in [0.717, 1.165) is 10.0 Å². The van der Waals surface area contributed by atoms with Gasteiger partial charge in [0, 0.05) is 22.1 Å². The lowest BCUT2D eigenvalue weighted by Gasteiger charge is -2.14. The Balaban J connectivity index is 2.36. The molecule has 5 heteroatoms. The molecule has 2 N–H and O–H groups in total. The standard InChI is InChI=1S/C14H12BrClFNO/c1-8(18)11-4-2-9(15)6-14(11)19-10-3-5-12(16)13(17)7-10/h2-8H,18H2,1H3. The van der Waals surface area contributed by atoms with Crippen LogP contribution in [0.25, 0.3) is 0 Å². The van der Waals surface area contributed by atoms with Crippen LogP contribution in [0.3, 0.4) is 0 Å². The van der Waals surface area contributed by atoms with Crippen LogP contribution in [0.2, 0.25) is 5.02 Å². The molecule has 0 radical (unpaired) electrons. The first kappa shape index (κ1) is 14.3. The van der Waals surface area contributed by atoms with Crippen molar-refractivity contribution in [1.29, 1.82) is 0 Å². The van der Waals surface area contributed by atoms with Crippen molar-refractivity contribution < 1.29 is 9.13 Å². The van der Waals surface area contributed by atoms with Crippen LogP contribution in [-0.2, 0) is 0 Å². The van der Waals surface area contributed by atoms with Crippen LogP contribution in [0.15, 0.2) is 40.9 Å². The lowest BCUT2D eigenvalue weighted by Crippen LogP contribution is -2.06. The summed E-state index contributed by atoms with van der Waals surface area (Å²) in [5.74, 6) is 0.449. The Bertz CT molecular complexity index is 604. The highest BCUT2D eigenvalue weighted by Crippen LogP contribution is 2.32. The van der Waals surface area contributed by atoms with Crippen molar-refractivity contribution in [2.75, 3.05) is 0 Å². The highest BCUT2D eigenvalue weighted by atomic mass is 79.9. The average Bonchev–Trinajstić information content (AvgIpc) is 2.33. The van der Waals surface area contributed by atoms with Crippen LogP contribution in [0, 0.1) is 5.82 Å². The third kappa shape index (κ3) is 3.47. The summed E-state index contributed by atoms with van der Waals surface area (Å²) in [4.78, 5) is 0. The second-order valence-electron chi connectivity index (χ2n) is 4.15. The molecule has 2 aromatic rings. The topological polar surface area (TPSA) is 35.2 Å². The number of halogens is 3. The lowest BCUT2D eigenvalue weighted by atomic mass is 10.1. The van der Waals surface area contributed by atoms with E-state index in [1.165, 1.54) is 12.1 Å². The Labute approximate surface area is 124 Å². The second kappa shape index (κ2) is 5.90. The molecule has 0 bridgehead atoms. The van der Waals surface area contributed by atoms with E-state index in [-0.39, 0.29) is 11.1 Å². The van der Waals surface area contributed by atoms with E-state index >= 15 is 0 Å². The fraction of sp³-hybridized carbons (Fsp3) is 0.143. The van der Waals surface area contributed by atoms with Gasteiger partial charge in [-0.05, 0) is 31.2 Å². The summed E-state index contributed by atoms with van der Waals surface area (Å²) >= 11 is 9.00. The number of hydrogen-bond donors (Lipinski definition) is 1. The van der Waals surface area contributed by atoms with E-state index < -0.39 is 5.82 Å². The van der Waals surface area contributed by atoms with Crippen LogP contribution in [0.4, 0.5) is 4.39 Å². The third-order valence-corrected chi connectivity index (χ3v) is 3.38. The fourth-order valence-corrected chi connectivity index (χ4v) is 2.10. The summed E-state index contributed by atoms with van der Waals surface area (Å²) in [5.41, 5.74) is 6.73. The molecule has 0 aliphatic rings. The molecule has 0 amide bonds. The third-order valence-electron chi connectivity index (χ3n) is 2.59. The van der Waals surface area contributed by atoms with Gasteiger partial charge in [-0.25, -0.2) is 4.39 Å². The van der Waals surface area contributed by atoms with Gasteiger partial charge in [-0.1, -0.05) is 33.6 Å². The molecular weight excluding hydrogens is 333 g/mol. The quantitative estimate of drug-likeness (QED) is 0.845. The predicted octanol–water partition coefficient (Wildman–Crippen LogP) is 5.05. The number of ether oxygens (including phenoxy) is 1. The zero-order chi connectivity index (χ0) is 14.0. The lowest BCUT2D eigenvalue weighted by molar-refractivity contribution is 0.466. The van der Waals surface area contributed by atoms with E-state index in [0.29, 0.717) is 11.5 Å². The molecule has 2 nitrogen and oxygen atoms in total. The van der Waals surface area contributed by atoms with Crippen LogP contribution in [0.1, 0.15) is 18.5 Å². The van der Waals surface area contributed by atoms with Crippen molar-refractivity contribution in [3.8, 4) is 11.5 Å². The smallest absolute Gasteiger partial charge is 0.145 e. The van der Waals surface area contributed by atoms with Gasteiger partial charge in [-0.3, -0.25) is 0 Å². The minimum atomic E-state index is -0.517. The van der Waals surface area contributed by atoms with Crippen molar-refractivity contribution >= 4 is 27.5 Å². The highest BCUT2D eigenvalue weighted by molar-refractivity contribution is 9.10. The zero-order valence-electron chi connectivity index (χ0n) is 10.2. The Morgan fingerprint density at radius 1 is 1.26 bits per heavy atom. The van der Waals surface area contributed by atoms with Crippen LogP contribution >= 0.6 is 27.5 Å². The molecule has 0 aromatic heterocycles. The zero-order valence-corrected chi connectivity index (χ0v) is 12.5. The normalized spacial score (nSPS) is 12.3. The first-order chi connectivity index (χ1) is 8.97. The Kier molecular flexibility index (Phi) is 4.45. The largest absolute Gasteiger partial charge is 0.457 e. The van der Waals surface area contributed by atoms with Crippen LogP contribution in [0.5, 0.6) is 11.5 Å². The van der Waals surface area contributed by atoms with Crippen molar-refractivity contribution in [1.82, 2.24) is 0 Å². The molecule has 0 fully saturated rings. The van der Waals surface area contributed by atoms with Crippen molar-refractivity contribution in [3.05, 3.63) is 57.3 Å². The molecule has 0 heterocycles. The van der Waals surface area contributed by atoms with Crippen LogP contribution < -0.4 is 10.5 Å². The molecular formula is C14H12BrClFNO. The summed E-state index contributed by atoms with van der Waals surface area (Å²) < 4.78 is 19.9. The monoisotopic (exact) mass is 343 g/mol. The van der Waals surface area contributed by atoms with Gasteiger partial charge >= 0.3 is 0 Å². The average molecular weight is 345 g/mol. The highest BCUT2D eigenvalue weighted by Gasteiger charge is 2.11. The fourth-order valence-electron chi connectivity index (χ4n) is 1.64. The Morgan fingerprint density at radius 3 is 2.63 bits per heavy atom. The van der Waals surface area contributed by atoms with Crippen molar-refractivity contribution in [3.63, 3.8) is 0 Å². The molecule has 2 aromatic carbocycles. The van der Waals surface area contributed by atoms with Gasteiger partial charge in [-0.2, -0.15) is 0 Å². The first-order valence-corrected chi connectivity index (χ1v) is 6.82. The molecule has 0 saturated carbocycles. The minimum Gasteiger partial charge on any atom is -0.457 e. The van der Waals surface area contributed by atoms with Gasteiger partial charge in [0.25, 0.3) is 0 Å². The maximum absolute atomic E-state index is 13.4. The molecule has 1 unspecified atom stereocenters. The molecule has 0 saturated heterocycles. The van der Waals surface area contributed by atoms with E-state index in [1.807, 2.05) is 19.1 Å². The van der Waals surface area contributed by atoms with E-state index in [4.69, 9.17) is 22.1 Å². The SMILES string of the molecule is CC(N)c1ccc(Br)cc1Oc1ccc(Cl)c(F)c1. The summed E-state index contributed by atoms with van der Waals surface area (Å²) in [6.45, 7) is 1.86. The first-order valence-electron chi connectivity index (χ1n) is 5.65. The molecule has 0 aliphatic heterocycles. The Hall–Kier alpha value is -1.10. The van der Waals surface area contributed by atoms with Gasteiger partial charge < -0.3 is 10.5 Å². The van der Waals surface area contributed by atoms with Gasteiger partial charge in [0.15, 0.2) is 0 Å². The van der Waals surface area contributed by atoms with Gasteiger partial charge in [-0.15, -0.1) is 0 Å². The predicted molar refractivity (Wildman–Crippen MR) is 78.2 cm³/mol. The molecule has 0 spiro atoms. The maximum Gasteiger partial charge on any atom is 0.145 e. The number of benzene rings is 2. The molecule has 2 rings (SSSR count). The summed E-state index contributed by atoms with van der Waals surface area (Å²) in [7, 11) is 0. The summed E-state index contributed by atoms with van der Waals surface area (Å²) in [5, 5.41) is 0.0639. The molecule has 1 atom stereocenters. The summed E-state index contributed by atoms with van der Waals surface area (Å²) in [6.07, 6.45) is 0. The number of nitrogens with two attached hydrogens (primary N) is 1. The number of hydrogen-bond acceptors (Lipinski definition) is 2. The van der Waals surface area contributed by atoms with Gasteiger partial charge in [0.1, 0.15) is 17.3 Å².